The Morgan fingerprint density at radius 2 is 1.88 bits per heavy atom. The Hall–Kier alpha value is -0.0400. The van der Waals surface area contributed by atoms with E-state index >= 15 is 0 Å². The van der Waals surface area contributed by atoms with E-state index in [1.807, 2.05) is 0 Å². The van der Waals surface area contributed by atoms with Crippen molar-refractivity contribution >= 4 is 0 Å². The minimum atomic E-state index is 0.812. The van der Waals surface area contributed by atoms with Gasteiger partial charge in [0.05, 0.1) is 0 Å². The highest BCUT2D eigenvalue weighted by molar-refractivity contribution is 4.91. The summed E-state index contributed by atoms with van der Waals surface area (Å²) in [5, 5.41) is 3.67. The summed E-state index contributed by atoms with van der Waals surface area (Å²) in [5.74, 6) is 3.97. The van der Waals surface area contributed by atoms with Crippen LogP contribution in [0.2, 0.25) is 0 Å². The van der Waals surface area contributed by atoms with E-state index in [2.05, 4.69) is 26.1 Å². The molecule has 0 saturated heterocycles. The molecule has 0 aromatic rings. The molecule has 94 valence electrons. The van der Waals surface area contributed by atoms with E-state index in [9.17, 15) is 0 Å². The summed E-state index contributed by atoms with van der Waals surface area (Å²) < 4.78 is 0. The molecule has 2 aliphatic carbocycles. The molecule has 0 amide bonds. The molecule has 0 aromatic heterocycles. The Kier molecular flexibility index (Phi) is 4.29. The fourth-order valence-electron chi connectivity index (χ4n) is 4.28. The van der Waals surface area contributed by atoms with Gasteiger partial charge in [0.25, 0.3) is 0 Å². The maximum Gasteiger partial charge on any atom is 0.00954 e. The van der Waals surface area contributed by atoms with Crippen LogP contribution < -0.4 is 5.32 Å². The average Bonchev–Trinajstić information content (AvgIpc) is 2.61. The van der Waals surface area contributed by atoms with Crippen molar-refractivity contribution in [3.8, 4) is 0 Å². The van der Waals surface area contributed by atoms with E-state index < -0.39 is 0 Å². The summed E-state index contributed by atoms with van der Waals surface area (Å²) in [6.45, 7) is 8.32. The van der Waals surface area contributed by atoms with Crippen LogP contribution in [0.3, 0.4) is 0 Å². The third-order valence-corrected chi connectivity index (χ3v) is 5.17. The van der Waals surface area contributed by atoms with Crippen LogP contribution in [-0.4, -0.2) is 12.6 Å². The Morgan fingerprint density at radius 3 is 2.56 bits per heavy atom. The van der Waals surface area contributed by atoms with Crippen LogP contribution in [0.5, 0.6) is 0 Å². The second-order valence-electron chi connectivity index (χ2n) is 6.30. The summed E-state index contributed by atoms with van der Waals surface area (Å²) >= 11 is 0. The smallest absolute Gasteiger partial charge is 0.00954 e. The molecule has 1 N–H and O–H groups in total. The van der Waals surface area contributed by atoms with Crippen molar-refractivity contribution in [3.05, 3.63) is 0 Å². The summed E-state index contributed by atoms with van der Waals surface area (Å²) in [7, 11) is 0. The predicted molar refractivity (Wildman–Crippen MR) is 70.5 cm³/mol. The SMILES string of the molecule is CCNC1CCC(C2CCCC(C)C2)C1C. The molecule has 0 aromatic carbocycles. The fraction of sp³-hybridized carbons (Fsp3) is 1.00. The lowest BCUT2D eigenvalue weighted by Crippen LogP contribution is -2.34. The van der Waals surface area contributed by atoms with E-state index in [0.717, 1.165) is 36.3 Å². The first-order valence-corrected chi connectivity index (χ1v) is 7.45. The lowest BCUT2D eigenvalue weighted by molar-refractivity contribution is 0.169. The van der Waals surface area contributed by atoms with E-state index in [0.29, 0.717) is 0 Å². The van der Waals surface area contributed by atoms with Gasteiger partial charge in [0.15, 0.2) is 0 Å². The number of hydrogen-bond acceptors (Lipinski definition) is 1. The van der Waals surface area contributed by atoms with E-state index in [1.165, 1.54) is 38.5 Å². The Morgan fingerprint density at radius 1 is 1.06 bits per heavy atom. The summed E-state index contributed by atoms with van der Waals surface area (Å²) in [4.78, 5) is 0. The van der Waals surface area contributed by atoms with Crippen molar-refractivity contribution in [2.75, 3.05) is 6.54 Å². The highest BCUT2D eigenvalue weighted by Crippen LogP contribution is 2.44. The van der Waals surface area contributed by atoms with Crippen LogP contribution in [0.25, 0.3) is 0 Å². The van der Waals surface area contributed by atoms with Crippen LogP contribution in [-0.2, 0) is 0 Å². The molecule has 2 aliphatic rings. The molecule has 5 atom stereocenters. The first-order valence-electron chi connectivity index (χ1n) is 7.45. The maximum absolute atomic E-state index is 3.67. The average molecular weight is 223 g/mol. The molecular formula is C15H29N. The second kappa shape index (κ2) is 5.53. The van der Waals surface area contributed by atoms with E-state index in [1.54, 1.807) is 0 Å². The number of hydrogen-bond donors (Lipinski definition) is 1. The molecule has 1 nitrogen and oxygen atoms in total. The van der Waals surface area contributed by atoms with Crippen LogP contribution in [0, 0.1) is 23.7 Å². The molecule has 16 heavy (non-hydrogen) atoms. The zero-order valence-corrected chi connectivity index (χ0v) is 11.3. The zero-order valence-electron chi connectivity index (χ0n) is 11.3. The van der Waals surface area contributed by atoms with Gasteiger partial charge >= 0.3 is 0 Å². The molecule has 0 spiro atoms. The lowest BCUT2D eigenvalue weighted by atomic mass is 9.72. The quantitative estimate of drug-likeness (QED) is 0.766. The number of nitrogens with one attached hydrogen (secondary N) is 1. The van der Waals surface area contributed by atoms with Gasteiger partial charge in [-0.05, 0) is 49.5 Å². The number of rotatable bonds is 3. The highest BCUT2D eigenvalue weighted by Gasteiger charge is 2.38. The molecule has 2 rings (SSSR count). The zero-order chi connectivity index (χ0) is 11.5. The highest BCUT2D eigenvalue weighted by atomic mass is 14.9. The Bertz CT molecular complexity index is 213. The summed E-state index contributed by atoms with van der Waals surface area (Å²) in [6, 6.07) is 0.812. The first-order chi connectivity index (χ1) is 7.72. The topological polar surface area (TPSA) is 12.0 Å². The summed E-state index contributed by atoms with van der Waals surface area (Å²) in [5.41, 5.74) is 0. The molecule has 1 heteroatoms. The van der Waals surface area contributed by atoms with Crippen molar-refractivity contribution in [2.24, 2.45) is 23.7 Å². The van der Waals surface area contributed by atoms with Crippen LogP contribution >= 0.6 is 0 Å². The Balaban J connectivity index is 1.90. The fourth-order valence-corrected chi connectivity index (χ4v) is 4.28. The molecule has 2 fully saturated rings. The molecule has 2 saturated carbocycles. The van der Waals surface area contributed by atoms with Gasteiger partial charge in [0.1, 0.15) is 0 Å². The lowest BCUT2D eigenvalue weighted by Gasteiger charge is -2.34. The van der Waals surface area contributed by atoms with Crippen molar-refractivity contribution in [3.63, 3.8) is 0 Å². The van der Waals surface area contributed by atoms with Crippen molar-refractivity contribution in [2.45, 2.75) is 65.3 Å². The molecular weight excluding hydrogens is 194 g/mol. The third-order valence-electron chi connectivity index (χ3n) is 5.17. The van der Waals surface area contributed by atoms with Gasteiger partial charge in [0, 0.05) is 6.04 Å². The largest absolute Gasteiger partial charge is 0.314 e. The minimum Gasteiger partial charge on any atom is -0.314 e. The van der Waals surface area contributed by atoms with E-state index in [4.69, 9.17) is 0 Å². The third kappa shape index (κ3) is 2.61. The maximum atomic E-state index is 3.67. The first kappa shape index (κ1) is 12.4. The normalized spacial score (nSPS) is 44.8. The minimum absolute atomic E-state index is 0.812. The molecule has 0 bridgehead atoms. The van der Waals surface area contributed by atoms with Crippen LogP contribution in [0.4, 0.5) is 0 Å². The molecule has 0 radical (unpaired) electrons. The van der Waals surface area contributed by atoms with Crippen LogP contribution in [0.1, 0.15) is 59.3 Å². The Labute approximate surface area is 101 Å². The molecule has 0 heterocycles. The van der Waals surface area contributed by atoms with Gasteiger partial charge in [-0.25, -0.2) is 0 Å². The standard InChI is InChI=1S/C15H29N/c1-4-16-15-9-8-14(12(15)3)13-7-5-6-11(2)10-13/h11-16H,4-10H2,1-3H3. The predicted octanol–water partition coefficient (Wildman–Crippen LogP) is 3.84. The monoisotopic (exact) mass is 223 g/mol. The van der Waals surface area contributed by atoms with Gasteiger partial charge in [-0.3, -0.25) is 0 Å². The van der Waals surface area contributed by atoms with Crippen molar-refractivity contribution in [1.29, 1.82) is 0 Å². The van der Waals surface area contributed by atoms with E-state index in [-0.39, 0.29) is 0 Å². The molecule has 0 aliphatic heterocycles. The van der Waals surface area contributed by atoms with Crippen molar-refractivity contribution < 1.29 is 0 Å². The van der Waals surface area contributed by atoms with Gasteiger partial charge in [-0.15, -0.1) is 0 Å². The van der Waals surface area contributed by atoms with Gasteiger partial charge in [-0.2, -0.15) is 0 Å². The van der Waals surface area contributed by atoms with Crippen LogP contribution in [0.15, 0.2) is 0 Å². The van der Waals surface area contributed by atoms with Gasteiger partial charge < -0.3 is 5.32 Å². The van der Waals surface area contributed by atoms with Gasteiger partial charge in [0.2, 0.25) is 0 Å². The second-order valence-corrected chi connectivity index (χ2v) is 6.30. The van der Waals surface area contributed by atoms with Crippen molar-refractivity contribution in [1.82, 2.24) is 5.32 Å². The molecule has 5 unspecified atom stereocenters. The summed E-state index contributed by atoms with van der Waals surface area (Å²) in [6.07, 6.45) is 8.89. The van der Waals surface area contributed by atoms with Gasteiger partial charge in [-0.1, -0.05) is 40.0 Å².